The van der Waals surface area contributed by atoms with E-state index in [9.17, 15) is 9.50 Å². The highest BCUT2D eigenvalue weighted by Crippen LogP contribution is 2.17. The summed E-state index contributed by atoms with van der Waals surface area (Å²) in [6.45, 7) is 5.84. The topological polar surface area (TPSA) is 35.5 Å². The largest absolute Gasteiger partial charge is 0.394 e. The summed E-state index contributed by atoms with van der Waals surface area (Å²) in [5.41, 5.74) is 0.739. The highest BCUT2D eigenvalue weighted by Gasteiger charge is 2.21. The van der Waals surface area contributed by atoms with Crippen molar-refractivity contribution < 1.29 is 9.50 Å². The van der Waals surface area contributed by atoms with Gasteiger partial charge in [-0.3, -0.25) is 0 Å². The molecule has 102 valence electrons. The van der Waals surface area contributed by atoms with Crippen LogP contribution < -0.4 is 10.2 Å². The van der Waals surface area contributed by atoms with Gasteiger partial charge in [-0.1, -0.05) is 0 Å². The minimum Gasteiger partial charge on any atom is -0.394 e. The molecule has 2 N–H and O–H groups in total. The van der Waals surface area contributed by atoms with Crippen molar-refractivity contribution in [1.82, 2.24) is 5.32 Å². The van der Waals surface area contributed by atoms with Crippen LogP contribution in [0.5, 0.6) is 0 Å². The third kappa shape index (κ3) is 3.96. The van der Waals surface area contributed by atoms with Crippen molar-refractivity contribution >= 4 is 5.69 Å². The lowest BCUT2D eigenvalue weighted by Gasteiger charge is -2.31. The molecular weight excluding hydrogens is 231 g/mol. The van der Waals surface area contributed by atoms with Crippen LogP contribution in [0, 0.1) is 5.82 Å². The fourth-order valence-electron chi connectivity index (χ4n) is 1.79. The molecule has 0 spiro atoms. The smallest absolute Gasteiger partial charge is 0.123 e. The second-order valence-corrected chi connectivity index (χ2v) is 4.77. The average molecular weight is 254 g/mol. The summed E-state index contributed by atoms with van der Waals surface area (Å²) in [5.74, 6) is -0.217. The van der Waals surface area contributed by atoms with E-state index in [2.05, 4.69) is 17.1 Å². The number of hydrogen-bond donors (Lipinski definition) is 2. The Balaban J connectivity index is 2.65. The summed E-state index contributed by atoms with van der Waals surface area (Å²) < 4.78 is 12.9. The third-order valence-electron chi connectivity index (χ3n) is 3.46. The minimum atomic E-state index is -0.270. The molecule has 0 heterocycles. The zero-order valence-electron chi connectivity index (χ0n) is 11.4. The maximum Gasteiger partial charge on any atom is 0.123 e. The lowest BCUT2D eigenvalue weighted by Crippen LogP contribution is -2.46. The van der Waals surface area contributed by atoms with Gasteiger partial charge in [0.25, 0.3) is 0 Å². The van der Waals surface area contributed by atoms with Crippen molar-refractivity contribution in [2.24, 2.45) is 0 Å². The van der Waals surface area contributed by atoms with Crippen molar-refractivity contribution in [3.8, 4) is 0 Å². The number of rotatable bonds is 7. The summed E-state index contributed by atoms with van der Waals surface area (Å²) in [4.78, 5) is 2.17. The zero-order chi connectivity index (χ0) is 13.6. The number of halogens is 1. The Hall–Kier alpha value is -1.13. The number of nitrogens with zero attached hydrogens (tertiary/aromatic N) is 1. The summed E-state index contributed by atoms with van der Waals surface area (Å²) >= 11 is 0. The standard InChI is InChI=1S/C14H23FN2O/c1-4-17(10-9-14(2,11-18)16-3)13-7-5-12(15)6-8-13/h5-8,16,18H,4,9-11H2,1-3H3. The second-order valence-electron chi connectivity index (χ2n) is 4.77. The molecule has 1 atom stereocenters. The second kappa shape index (κ2) is 6.71. The first kappa shape index (κ1) is 14.9. The number of anilines is 1. The molecule has 18 heavy (non-hydrogen) atoms. The first-order chi connectivity index (χ1) is 8.54. The normalized spacial score (nSPS) is 14.3. The molecule has 4 heteroatoms. The fraction of sp³-hybridized carbons (Fsp3) is 0.571. The van der Waals surface area contributed by atoms with E-state index in [1.54, 1.807) is 12.1 Å². The number of aliphatic hydroxyl groups excluding tert-OH is 1. The molecule has 0 bridgehead atoms. The number of benzene rings is 1. The molecule has 0 saturated heterocycles. The van der Waals surface area contributed by atoms with E-state index in [0.29, 0.717) is 0 Å². The lowest BCUT2D eigenvalue weighted by molar-refractivity contribution is 0.175. The Labute approximate surface area is 109 Å². The van der Waals surface area contributed by atoms with E-state index in [4.69, 9.17) is 0 Å². The lowest BCUT2D eigenvalue weighted by atomic mass is 9.99. The van der Waals surface area contributed by atoms with Gasteiger partial charge in [0.05, 0.1) is 6.61 Å². The Bertz CT molecular complexity index is 349. The summed E-state index contributed by atoms with van der Waals surface area (Å²) in [5, 5.41) is 12.5. The van der Waals surface area contributed by atoms with Gasteiger partial charge >= 0.3 is 0 Å². The van der Waals surface area contributed by atoms with Crippen LogP contribution >= 0.6 is 0 Å². The van der Waals surface area contributed by atoms with E-state index in [-0.39, 0.29) is 18.0 Å². The first-order valence-electron chi connectivity index (χ1n) is 6.35. The van der Waals surface area contributed by atoms with Gasteiger partial charge in [0.15, 0.2) is 0 Å². The van der Waals surface area contributed by atoms with Crippen molar-refractivity contribution in [2.45, 2.75) is 25.8 Å². The maximum atomic E-state index is 12.9. The van der Waals surface area contributed by atoms with Gasteiger partial charge in [0.1, 0.15) is 5.82 Å². The van der Waals surface area contributed by atoms with E-state index >= 15 is 0 Å². The highest BCUT2D eigenvalue weighted by atomic mass is 19.1. The van der Waals surface area contributed by atoms with Crippen LogP contribution in [0.4, 0.5) is 10.1 Å². The van der Waals surface area contributed by atoms with Gasteiger partial charge in [-0.05, 0) is 51.6 Å². The van der Waals surface area contributed by atoms with Crippen LogP contribution in [-0.4, -0.2) is 37.4 Å². The predicted molar refractivity (Wildman–Crippen MR) is 73.5 cm³/mol. The Morgan fingerprint density at radius 2 is 1.94 bits per heavy atom. The van der Waals surface area contributed by atoms with Gasteiger partial charge in [0, 0.05) is 24.3 Å². The fourth-order valence-corrected chi connectivity index (χ4v) is 1.79. The number of hydrogen-bond acceptors (Lipinski definition) is 3. The van der Waals surface area contributed by atoms with Crippen LogP contribution in [0.1, 0.15) is 20.3 Å². The van der Waals surface area contributed by atoms with Gasteiger partial charge in [-0.2, -0.15) is 0 Å². The number of nitrogens with one attached hydrogen (secondary N) is 1. The zero-order valence-corrected chi connectivity index (χ0v) is 11.4. The van der Waals surface area contributed by atoms with Gasteiger partial charge in [-0.15, -0.1) is 0 Å². The molecule has 0 saturated carbocycles. The molecule has 1 aromatic rings. The molecule has 0 aliphatic carbocycles. The van der Waals surface area contributed by atoms with Crippen LogP contribution in [0.3, 0.4) is 0 Å². The molecule has 0 aliphatic heterocycles. The quantitative estimate of drug-likeness (QED) is 0.781. The summed E-state index contributed by atoms with van der Waals surface area (Å²) in [6.07, 6.45) is 0.825. The molecule has 0 fully saturated rings. The molecular formula is C14H23FN2O. The molecule has 0 aliphatic rings. The molecule has 1 rings (SSSR count). The number of aliphatic hydroxyl groups is 1. The van der Waals surface area contributed by atoms with Crippen molar-refractivity contribution in [2.75, 3.05) is 31.6 Å². The van der Waals surface area contributed by atoms with Crippen molar-refractivity contribution in [3.63, 3.8) is 0 Å². The molecule has 0 aromatic heterocycles. The van der Waals surface area contributed by atoms with E-state index < -0.39 is 0 Å². The molecule has 0 radical (unpaired) electrons. The predicted octanol–water partition coefficient (Wildman–Crippen LogP) is 2.01. The highest BCUT2D eigenvalue weighted by molar-refractivity contribution is 5.46. The van der Waals surface area contributed by atoms with Crippen LogP contribution in [0.25, 0.3) is 0 Å². The van der Waals surface area contributed by atoms with E-state index in [0.717, 1.165) is 25.2 Å². The van der Waals surface area contributed by atoms with Crippen LogP contribution in [-0.2, 0) is 0 Å². The van der Waals surface area contributed by atoms with E-state index in [1.165, 1.54) is 12.1 Å². The van der Waals surface area contributed by atoms with Gasteiger partial charge in [0.2, 0.25) is 0 Å². The first-order valence-corrected chi connectivity index (χ1v) is 6.35. The number of likely N-dealkylation sites (N-methyl/N-ethyl adjacent to an activating group) is 1. The van der Waals surface area contributed by atoms with Gasteiger partial charge in [-0.25, -0.2) is 4.39 Å². The van der Waals surface area contributed by atoms with E-state index in [1.807, 2.05) is 14.0 Å². The molecule has 0 amide bonds. The Kier molecular flexibility index (Phi) is 5.56. The average Bonchev–Trinajstić information content (AvgIpc) is 2.41. The van der Waals surface area contributed by atoms with Crippen molar-refractivity contribution in [1.29, 1.82) is 0 Å². The molecule has 1 aromatic carbocycles. The summed E-state index contributed by atoms with van der Waals surface area (Å²) in [6, 6.07) is 6.52. The van der Waals surface area contributed by atoms with Crippen molar-refractivity contribution in [3.05, 3.63) is 30.1 Å². The minimum absolute atomic E-state index is 0.102. The summed E-state index contributed by atoms with van der Waals surface area (Å²) in [7, 11) is 1.85. The molecule has 3 nitrogen and oxygen atoms in total. The Morgan fingerprint density at radius 1 is 1.33 bits per heavy atom. The van der Waals surface area contributed by atoms with Crippen LogP contribution in [0.2, 0.25) is 0 Å². The molecule has 1 unspecified atom stereocenters. The third-order valence-corrected chi connectivity index (χ3v) is 3.46. The van der Waals surface area contributed by atoms with Crippen LogP contribution in [0.15, 0.2) is 24.3 Å². The SMILES string of the molecule is CCN(CCC(C)(CO)NC)c1ccc(F)cc1. The van der Waals surface area contributed by atoms with Gasteiger partial charge < -0.3 is 15.3 Å². The monoisotopic (exact) mass is 254 g/mol. The maximum absolute atomic E-state index is 12.9. The Morgan fingerprint density at radius 3 is 2.39 bits per heavy atom.